The van der Waals surface area contributed by atoms with Crippen molar-refractivity contribution < 1.29 is 9.18 Å². The second-order valence-electron chi connectivity index (χ2n) is 3.97. The van der Waals surface area contributed by atoms with E-state index in [4.69, 9.17) is 17.3 Å². The minimum Gasteiger partial charge on any atom is -0.328 e. The smallest absolute Gasteiger partial charge is 0.137 e. The van der Waals surface area contributed by atoms with Crippen LogP contribution in [0.4, 0.5) is 4.39 Å². The summed E-state index contributed by atoms with van der Waals surface area (Å²) in [6, 6.07) is 4.34. The number of ketones is 1. The first-order valence-electron chi connectivity index (χ1n) is 5.20. The van der Waals surface area contributed by atoms with Crippen molar-refractivity contribution in [1.82, 2.24) is 0 Å². The van der Waals surface area contributed by atoms with Crippen molar-refractivity contribution in [2.24, 2.45) is 5.73 Å². The third kappa shape index (κ3) is 4.29. The summed E-state index contributed by atoms with van der Waals surface area (Å²) in [4.78, 5) is 11.5. The van der Waals surface area contributed by atoms with E-state index in [-0.39, 0.29) is 18.2 Å². The molecule has 0 bridgehead atoms. The lowest BCUT2D eigenvalue weighted by atomic mass is 10.0. The zero-order chi connectivity index (χ0) is 12.1. The molecule has 0 heterocycles. The monoisotopic (exact) mass is 243 g/mol. The van der Waals surface area contributed by atoms with E-state index in [9.17, 15) is 9.18 Å². The molecule has 0 aliphatic rings. The Morgan fingerprint density at radius 2 is 2.25 bits per heavy atom. The fraction of sp³-hybridized carbons (Fsp3) is 0.417. The van der Waals surface area contributed by atoms with Crippen LogP contribution in [0.15, 0.2) is 18.2 Å². The summed E-state index contributed by atoms with van der Waals surface area (Å²) in [6.45, 7) is 1.84. The van der Waals surface area contributed by atoms with Crippen LogP contribution in [0.5, 0.6) is 0 Å². The zero-order valence-electron chi connectivity index (χ0n) is 9.17. The fourth-order valence-electron chi connectivity index (χ4n) is 1.35. The van der Waals surface area contributed by atoms with Gasteiger partial charge in [0.05, 0.1) is 0 Å². The largest absolute Gasteiger partial charge is 0.328 e. The second-order valence-corrected chi connectivity index (χ2v) is 4.40. The number of rotatable bonds is 5. The highest BCUT2D eigenvalue weighted by atomic mass is 35.5. The van der Waals surface area contributed by atoms with Crippen LogP contribution in [0.3, 0.4) is 0 Å². The first kappa shape index (κ1) is 13.1. The average molecular weight is 244 g/mol. The molecule has 0 aromatic heterocycles. The van der Waals surface area contributed by atoms with Crippen molar-refractivity contribution in [2.75, 3.05) is 0 Å². The number of halogens is 2. The molecule has 0 spiro atoms. The van der Waals surface area contributed by atoms with Crippen LogP contribution in [-0.4, -0.2) is 11.8 Å². The number of hydrogen-bond donors (Lipinski definition) is 1. The summed E-state index contributed by atoms with van der Waals surface area (Å²) in [5, 5.41) is 0.337. The first-order chi connectivity index (χ1) is 7.49. The Kier molecular flexibility index (Phi) is 4.90. The molecule has 1 rings (SSSR count). The van der Waals surface area contributed by atoms with Crippen molar-refractivity contribution in [1.29, 1.82) is 0 Å². The summed E-state index contributed by atoms with van der Waals surface area (Å²) in [6.07, 6.45) is 1.13. The number of carbonyl (C=O) groups excluding carboxylic acids is 1. The van der Waals surface area contributed by atoms with E-state index in [0.29, 0.717) is 23.4 Å². The van der Waals surface area contributed by atoms with Gasteiger partial charge in [-0.05, 0) is 31.0 Å². The standard InChI is InChI=1S/C12H15ClFNO/c1-8(15)2-5-11(16)6-9-3-4-10(13)7-12(9)14/h3-4,7-8H,2,5-6,15H2,1H3. The van der Waals surface area contributed by atoms with Crippen LogP contribution in [0.2, 0.25) is 5.02 Å². The maximum atomic E-state index is 13.3. The van der Waals surface area contributed by atoms with Gasteiger partial charge >= 0.3 is 0 Å². The third-order valence-electron chi connectivity index (χ3n) is 2.28. The van der Waals surface area contributed by atoms with E-state index in [1.165, 1.54) is 6.07 Å². The Hall–Kier alpha value is -0.930. The van der Waals surface area contributed by atoms with Gasteiger partial charge in [-0.2, -0.15) is 0 Å². The predicted molar refractivity (Wildman–Crippen MR) is 63.0 cm³/mol. The Bertz CT molecular complexity index is 379. The van der Waals surface area contributed by atoms with Crippen LogP contribution in [-0.2, 0) is 11.2 Å². The highest BCUT2D eigenvalue weighted by Gasteiger charge is 2.09. The molecule has 16 heavy (non-hydrogen) atoms. The fourth-order valence-corrected chi connectivity index (χ4v) is 1.51. The van der Waals surface area contributed by atoms with Crippen LogP contribution in [0, 0.1) is 5.82 Å². The number of hydrogen-bond acceptors (Lipinski definition) is 2. The maximum Gasteiger partial charge on any atom is 0.137 e. The number of benzene rings is 1. The van der Waals surface area contributed by atoms with Crippen LogP contribution in [0.1, 0.15) is 25.3 Å². The van der Waals surface area contributed by atoms with Gasteiger partial charge in [0, 0.05) is 23.9 Å². The molecular weight excluding hydrogens is 229 g/mol. The van der Waals surface area contributed by atoms with Gasteiger partial charge in [0.25, 0.3) is 0 Å². The molecular formula is C12H15ClFNO. The van der Waals surface area contributed by atoms with Gasteiger partial charge in [0.1, 0.15) is 11.6 Å². The molecule has 0 fully saturated rings. The molecule has 0 amide bonds. The van der Waals surface area contributed by atoms with Gasteiger partial charge in [-0.3, -0.25) is 4.79 Å². The Labute approximate surface area is 99.6 Å². The molecule has 0 saturated carbocycles. The normalized spacial score (nSPS) is 12.5. The van der Waals surface area contributed by atoms with Gasteiger partial charge in [0.15, 0.2) is 0 Å². The molecule has 1 atom stereocenters. The van der Waals surface area contributed by atoms with E-state index >= 15 is 0 Å². The molecule has 0 aliphatic heterocycles. The minimum absolute atomic E-state index is 0.000912. The Balaban J connectivity index is 2.56. The molecule has 2 N–H and O–H groups in total. The number of nitrogens with two attached hydrogens (primary N) is 1. The topological polar surface area (TPSA) is 43.1 Å². The SMILES string of the molecule is CC(N)CCC(=O)Cc1ccc(Cl)cc1F. The van der Waals surface area contributed by atoms with E-state index < -0.39 is 5.82 Å². The Morgan fingerprint density at radius 3 is 2.81 bits per heavy atom. The van der Waals surface area contributed by atoms with Crippen molar-refractivity contribution in [3.8, 4) is 0 Å². The predicted octanol–water partition coefficient (Wildman–Crippen LogP) is 2.72. The summed E-state index contributed by atoms with van der Waals surface area (Å²) in [5.74, 6) is -0.430. The minimum atomic E-state index is -0.429. The average Bonchev–Trinajstić information content (AvgIpc) is 2.19. The summed E-state index contributed by atoms with van der Waals surface area (Å²) < 4.78 is 13.3. The van der Waals surface area contributed by atoms with Crippen molar-refractivity contribution in [3.63, 3.8) is 0 Å². The van der Waals surface area contributed by atoms with Gasteiger partial charge in [-0.15, -0.1) is 0 Å². The van der Waals surface area contributed by atoms with Crippen LogP contribution in [0.25, 0.3) is 0 Å². The Morgan fingerprint density at radius 1 is 1.56 bits per heavy atom. The van der Waals surface area contributed by atoms with Gasteiger partial charge in [-0.25, -0.2) is 4.39 Å². The third-order valence-corrected chi connectivity index (χ3v) is 2.52. The van der Waals surface area contributed by atoms with E-state index in [0.717, 1.165) is 0 Å². The van der Waals surface area contributed by atoms with Gasteiger partial charge < -0.3 is 5.73 Å². The van der Waals surface area contributed by atoms with Crippen molar-refractivity contribution in [2.45, 2.75) is 32.2 Å². The summed E-state index contributed by atoms with van der Waals surface area (Å²) in [7, 11) is 0. The lowest BCUT2D eigenvalue weighted by Crippen LogP contribution is -2.17. The summed E-state index contributed by atoms with van der Waals surface area (Å²) >= 11 is 5.61. The molecule has 1 aromatic carbocycles. The summed E-state index contributed by atoms with van der Waals surface area (Å²) in [5.41, 5.74) is 5.93. The molecule has 0 saturated heterocycles. The number of Topliss-reactive ketones (excluding diaryl/α,β-unsaturated/α-hetero) is 1. The van der Waals surface area contributed by atoms with Crippen LogP contribution >= 0.6 is 11.6 Å². The van der Waals surface area contributed by atoms with Crippen molar-refractivity contribution in [3.05, 3.63) is 34.6 Å². The molecule has 88 valence electrons. The second kappa shape index (κ2) is 5.97. The zero-order valence-corrected chi connectivity index (χ0v) is 9.93. The lowest BCUT2D eigenvalue weighted by molar-refractivity contribution is -0.118. The lowest BCUT2D eigenvalue weighted by Gasteiger charge is -2.05. The maximum absolute atomic E-state index is 13.3. The molecule has 1 unspecified atom stereocenters. The highest BCUT2D eigenvalue weighted by molar-refractivity contribution is 6.30. The van der Waals surface area contributed by atoms with E-state index in [1.807, 2.05) is 6.92 Å². The van der Waals surface area contributed by atoms with E-state index in [1.54, 1.807) is 12.1 Å². The highest BCUT2D eigenvalue weighted by Crippen LogP contribution is 2.15. The molecule has 2 nitrogen and oxygen atoms in total. The first-order valence-corrected chi connectivity index (χ1v) is 5.58. The van der Waals surface area contributed by atoms with E-state index in [2.05, 4.69) is 0 Å². The van der Waals surface area contributed by atoms with Gasteiger partial charge in [-0.1, -0.05) is 17.7 Å². The quantitative estimate of drug-likeness (QED) is 0.864. The molecule has 0 radical (unpaired) electrons. The van der Waals surface area contributed by atoms with Gasteiger partial charge in [0.2, 0.25) is 0 Å². The molecule has 4 heteroatoms. The number of carbonyl (C=O) groups is 1. The van der Waals surface area contributed by atoms with Crippen LogP contribution < -0.4 is 5.73 Å². The molecule has 1 aromatic rings. The van der Waals surface area contributed by atoms with Crippen molar-refractivity contribution >= 4 is 17.4 Å². The molecule has 0 aliphatic carbocycles.